The predicted octanol–water partition coefficient (Wildman–Crippen LogP) is 1.43. The zero-order chi connectivity index (χ0) is 13.0. The molecule has 1 aliphatic rings. The first-order chi connectivity index (χ1) is 8.70. The second-order valence-electron chi connectivity index (χ2n) is 4.72. The lowest BCUT2D eigenvalue weighted by atomic mass is 10.1. The maximum Gasteiger partial charge on any atom is 0.237 e. The number of nitrogens with one attached hydrogen (secondary N) is 2. The van der Waals surface area contributed by atoms with Crippen LogP contribution in [0.2, 0.25) is 0 Å². The van der Waals surface area contributed by atoms with E-state index in [4.69, 9.17) is 0 Å². The summed E-state index contributed by atoms with van der Waals surface area (Å²) in [5.74, 6) is -0.00148. The van der Waals surface area contributed by atoms with Gasteiger partial charge in [-0.3, -0.25) is 4.79 Å². The largest absolute Gasteiger partial charge is 0.392 e. The van der Waals surface area contributed by atoms with Gasteiger partial charge in [-0.1, -0.05) is 19.4 Å². The summed E-state index contributed by atoms with van der Waals surface area (Å²) >= 11 is 1.67. The van der Waals surface area contributed by atoms with E-state index in [1.165, 1.54) is 4.88 Å². The molecule has 1 aromatic rings. The van der Waals surface area contributed by atoms with Crippen molar-refractivity contribution in [2.45, 2.75) is 44.4 Å². The fraction of sp³-hybridized carbons (Fsp3) is 0.615. The van der Waals surface area contributed by atoms with Gasteiger partial charge >= 0.3 is 0 Å². The Hall–Kier alpha value is -0.910. The van der Waals surface area contributed by atoms with Gasteiger partial charge in [0.15, 0.2) is 0 Å². The predicted molar refractivity (Wildman–Crippen MR) is 72.5 cm³/mol. The summed E-state index contributed by atoms with van der Waals surface area (Å²) in [6.45, 7) is 2.62. The second-order valence-corrected chi connectivity index (χ2v) is 5.69. The van der Waals surface area contributed by atoms with Gasteiger partial charge < -0.3 is 15.7 Å². The molecule has 0 radical (unpaired) electrons. The van der Waals surface area contributed by atoms with Crippen LogP contribution in [0.5, 0.6) is 0 Å². The Morgan fingerprint density at radius 3 is 3.11 bits per heavy atom. The van der Waals surface area contributed by atoms with Crippen LogP contribution >= 0.6 is 11.3 Å². The first kappa shape index (κ1) is 13.5. The Morgan fingerprint density at radius 1 is 1.72 bits per heavy atom. The van der Waals surface area contributed by atoms with Crippen molar-refractivity contribution in [2.24, 2.45) is 0 Å². The fourth-order valence-electron chi connectivity index (χ4n) is 2.25. The molecule has 1 amide bonds. The van der Waals surface area contributed by atoms with E-state index in [0.29, 0.717) is 13.0 Å². The van der Waals surface area contributed by atoms with E-state index >= 15 is 0 Å². The van der Waals surface area contributed by atoms with Crippen molar-refractivity contribution in [1.29, 1.82) is 0 Å². The van der Waals surface area contributed by atoms with Crippen LogP contribution in [0.1, 0.15) is 37.1 Å². The van der Waals surface area contributed by atoms with Crippen LogP contribution in [-0.2, 0) is 4.79 Å². The van der Waals surface area contributed by atoms with Crippen LogP contribution in [-0.4, -0.2) is 29.7 Å². The Kier molecular flexibility index (Phi) is 4.74. The van der Waals surface area contributed by atoms with E-state index in [0.717, 1.165) is 12.8 Å². The molecule has 3 N–H and O–H groups in total. The number of β-amino-alcohol motifs (C(OH)–C–C–N with tert-alkyl or cyclic N) is 1. The Balaban J connectivity index is 1.94. The van der Waals surface area contributed by atoms with Gasteiger partial charge in [-0.05, 0) is 24.3 Å². The molecule has 0 aliphatic carbocycles. The molecule has 0 aromatic carbocycles. The van der Waals surface area contributed by atoms with E-state index < -0.39 is 6.10 Å². The van der Waals surface area contributed by atoms with Gasteiger partial charge in [0.05, 0.1) is 18.2 Å². The van der Waals surface area contributed by atoms with Gasteiger partial charge in [0, 0.05) is 11.4 Å². The Morgan fingerprint density at radius 2 is 2.56 bits per heavy atom. The molecular formula is C13H20N2O2S. The third kappa shape index (κ3) is 3.31. The van der Waals surface area contributed by atoms with E-state index in [-0.39, 0.29) is 18.0 Å². The summed E-state index contributed by atoms with van der Waals surface area (Å²) in [6.07, 6.45) is 2.09. The average molecular weight is 268 g/mol. The summed E-state index contributed by atoms with van der Waals surface area (Å²) in [5, 5.41) is 17.6. The van der Waals surface area contributed by atoms with Crippen LogP contribution < -0.4 is 10.6 Å². The number of thiophene rings is 1. The van der Waals surface area contributed by atoms with Gasteiger partial charge in [-0.25, -0.2) is 0 Å². The van der Waals surface area contributed by atoms with Crippen molar-refractivity contribution in [2.75, 3.05) is 6.54 Å². The normalized spacial score (nSPS) is 25.0. The highest BCUT2D eigenvalue weighted by molar-refractivity contribution is 7.10. The number of hydrogen-bond donors (Lipinski definition) is 3. The van der Waals surface area contributed by atoms with E-state index in [9.17, 15) is 9.90 Å². The van der Waals surface area contributed by atoms with Crippen LogP contribution in [0.25, 0.3) is 0 Å². The van der Waals surface area contributed by atoms with Crippen molar-refractivity contribution in [1.82, 2.24) is 10.6 Å². The van der Waals surface area contributed by atoms with Crippen molar-refractivity contribution in [3.63, 3.8) is 0 Å². The minimum absolute atomic E-state index is 0.00148. The number of carbonyl (C=O) groups excluding carboxylic acids is 1. The molecule has 5 heteroatoms. The highest BCUT2D eigenvalue weighted by atomic mass is 32.1. The first-order valence-corrected chi connectivity index (χ1v) is 7.34. The van der Waals surface area contributed by atoms with Gasteiger partial charge in [0.25, 0.3) is 0 Å². The zero-order valence-corrected chi connectivity index (χ0v) is 11.4. The van der Waals surface area contributed by atoms with Gasteiger partial charge in [-0.2, -0.15) is 0 Å². The molecule has 1 fully saturated rings. The molecule has 18 heavy (non-hydrogen) atoms. The van der Waals surface area contributed by atoms with E-state index in [2.05, 4.69) is 23.6 Å². The molecule has 3 atom stereocenters. The standard InChI is InChI=1S/C13H20N2O2S/c1-2-4-10(12-5-3-6-18-12)15-13(17)11-7-9(16)8-14-11/h3,5-6,9-11,14,16H,2,4,7-8H2,1H3,(H,15,17). The van der Waals surface area contributed by atoms with Crippen molar-refractivity contribution in [3.05, 3.63) is 22.4 Å². The smallest absolute Gasteiger partial charge is 0.237 e. The third-order valence-corrected chi connectivity index (χ3v) is 4.19. The van der Waals surface area contributed by atoms with Crippen LogP contribution in [0.4, 0.5) is 0 Å². The monoisotopic (exact) mass is 268 g/mol. The van der Waals surface area contributed by atoms with Gasteiger partial charge in [0.1, 0.15) is 0 Å². The minimum atomic E-state index is -0.396. The summed E-state index contributed by atoms with van der Waals surface area (Å²) in [6, 6.07) is 3.91. The highest BCUT2D eigenvalue weighted by Crippen LogP contribution is 2.23. The molecule has 0 bridgehead atoms. The molecule has 3 unspecified atom stereocenters. The van der Waals surface area contributed by atoms with E-state index in [1.807, 2.05) is 11.4 Å². The molecule has 4 nitrogen and oxygen atoms in total. The lowest BCUT2D eigenvalue weighted by molar-refractivity contribution is -0.123. The number of amides is 1. The number of rotatable bonds is 5. The van der Waals surface area contributed by atoms with E-state index in [1.54, 1.807) is 11.3 Å². The quantitative estimate of drug-likeness (QED) is 0.757. The maximum absolute atomic E-state index is 12.1. The molecule has 1 aliphatic heterocycles. The molecule has 2 rings (SSSR count). The number of aliphatic hydroxyl groups excluding tert-OH is 1. The highest BCUT2D eigenvalue weighted by Gasteiger charge is 2.29. The van der Waals surface area contributed by atoms with Crippen molar-refractivity contribution in [3.8, 4) is 0 Å². The zero-order valence-electron chi connectivity index (χ0n) is 10.6. The van der Waals surface area contributed by atoms with Gasteiger partial charge in [-0.15, -0.1) is 11.3 Å². The Labute approximate surface area is 111 Å². The fourth-order valence-corrected chi connectivity index (χ4v) is 3.07. The molecule has 1 saturated heterocycles. The topological polar surface area (TPSA) is 61.4 Å². The average Bonchev–Trinajstić information content (AvgIpc) is 2.98. The molecule has 1 aromatic heterocycles. The van der Waals surface area contributed by atoms with Crippen molar-refractivity contribution >= 4 is 17.2 Å². The number of carbonyl (C=O) groups is 1. The summed E-state index contributed by atoms with van der Waals surface area (Å²) < 4.78 is 0. The molecule has 0 spiro atoms. The number of hydrogen-bond acceptors (Lipinski definition) is 4. The third-order valence-electron chi connectivity index (χ3n) is 3.20. The maximum atomic E-state index is 12.1. The van der Waals surface area contributed by atoms with Crippen molar-refractivity contribution < 1.29 is 9.90 Å². The molecule has 100 valence electrons. The van der Waals surface area contributed by atoms with Gasteiger partial charge in [0.2, 0.25) is 5.91 Å². The summed E-state index contributed by atoms with van der Waals surface area (Å²) in [4.78, 5) is 13.3. The molecule has 0 saturated carbocycles. The summed E-state index contributed by atoms with van der Waals surface area (Å²) in [5.41, 5.74) is 0. The second kappa shape index (κ2) is 6.31. The van der Waals surface area contributed by atoms with Crippen LogP contribution in [0, 0.1) is 0 Å². The number of aliphatic hydroxyl groups is 1. The molecular weight excluding hydrogens is 248 g/mol. The lowest BCUT2D eigenvalue weighted by Crippen LogP contribution is -2.41. The summed E-state index contributed by atoms with van der Waals surface area (Å²) in [7, 11) is 0. The van der Waals surface area contributed by atoms with Crippen LogP contribution in [0.15, 0.2) is 17.5 Å². The SMILES string of the molecule is CCCC(NC(=O)C1CC(O)CN1)c1cccs1. The van der Waals surface area contributed by atoms with Crippen LogP contribution in [0.3, 0.4) is 0 Å². The molecule has 2 heterocycles. The first-order valence-electron chi connectivity index (χ1n) is 6.46. The lowest BCUT2D eigenvalue weighted by Gasteiger charge is -2.19. The minimum Gasteiger partial charge on any atom is -0.392 e. The Bertz CT molecular complexity index is 380.